The number of sulfonamides is 1. The van der Waals surface area contributed by atoms with Crippen molar-refractivity contribution in [1.82, 2.24) is 9.62 Å². The molecule has 0 radical (unpaired) electrons. The molecule has 0 spiro atoms. The quantitative estimate of drug-likeness (QED) is 0.651. The Kier molecular flexibility index (Phi) is 6.51. The molecule has 0 saturated carbocycles. The van der Waals surface area contributed by atoms with E-state index in [1.54, 1.807) is 0 Å². The summed E-state index contributed by atoms with van der Waals surface area (Å²) in [6.07, 6.45) is 2.31. The fourth-order valence-corrected chi connectivity index (χ4v) is 2.88. The fraction of sp³-hybridized carbons (Fsp3) is 1.00. The van der Waals surface area contributed by atoms with E-state index in [4.69, 9.17) is 4.74 Å². The van der Waals surface area contributed by atoms with Crippen LogP contribution in [0.2, 0.25) is 0 Å². The molecule has 18 heavy (non-hydrogen) atoms. The van der Waals surface area contributed by atoms with Crippen LogP contribution in [0.3, 0.4) is 0 Å². The van der Waals surface area contributed by atoms with Crippen LogP contribution in [0, 0.1) is 0 Å². The highest BCUT2D eigenvalue weighted by Gasteiger charge is 2.24. The zero-order valence-electron chi connectivity index (χ0n) is 11.1. The molecule has 0 aromatic carbocycles. The lowest BCUT2D eigenvalue weighted by atomic mass is 10.1. The van der Waals surface area contributed by atoms with Crippen LogP contribution in [0.25, 0.3) is 0 Å². The predicted molar refractivity (Wildman–Crippen MR) is 69.9 cm³/mol. The molecule has 0 aliphatic carbocycles. The number of piperidine rings is 1. The molecule has 1 rings (SSSR count). The van der Waals surface area contributed by atoms with E-state index in [1.165, 1.54) is 10.6 Å². The maximum absolute atomic E-state index is 11.3. The Hall–Kier alpha value is -0.210. The highest BCUT2D eigenvalue weighted by atomic mass is 32.2. The topological polar surface area (TPSA) is 78.9 Å². The fourth-order valence-electron chi connectivity index (χ4n) is 2.01. The highest BCUT2D eigenvalue weighted by Crippen LogP contribution is 2.12. The van der Waals surface area contributed by atoms with Gasteiger partial charge in [0.1, 0.15) is 0 Å². The van der Waals surface area contributed by atoms with Gasteiger partial charge in [0.05, 0.1) is 19.0 Å². The molecule has 0 aromatic rings. The second kappa shape index (κ2) is 7.40. The van der Waals surface area contributed by atoms with Gasteiger partial charge in [-0.25, -0.2) is 12.7 Å². The first-order chi connectivity index (χ1) is 8.43. The van der Waals surface area contributed by atoms with Crippen LogP contribution >= 0.6 is 0 Å². The molecule has 1 aliphatic heterocycles. The van der Waals surface area contributed by atoms with Crippen molar-refractivity contribution in [2.24, 2.45) is 0 Å². The minimum absolute atomic E-state index is 0.277. The molecule has 1 aliphatic rings. The summed E-state index contributed by atoms with van der Waals surface area (Å²) in [6.45, 7) is 4.43. The lowest BCUT2D eigenvalue weighted by Crippen LogP contribution is -2.46. The summed E-state index contributed by atoms with van der Waals surface area (Å²) in [6, 6.07) is 0.277. The average Bonchev–Trinajstić information content (AvgIpc) is 2.33. The third-order valence-corrected chi connectivity index (χ3v) is 4.38. The Morgan fingerprint density at radius 1 is 1.44 bits per heavy atom. The summed E-state index contributed by atoms with van der Waals surface area (Å²) in [5, 5.41) is 12.8. The second-order valence-electron chi connectivity index (χ2n) is 4.66. The van der Waals surface area contributed by atoms with Gasteiger partial charge in [-0.2, -0.15) is 0 Å². The van der Waals surface area contributed by atoms with Crippen LogP contribution in [0.1, 0.15) is 19.8 Å². The van der Waals surface area contributed by atoms with Crippen LogP contribution in [-0.4, -0.2) is 69.1 Å². The van der Waals surface area contributed by atoms with Gasteiger partial charge >= 0.3 is 0 Å². The van der Waals surface area contributed by atoms with Crippen LogP contribution in [-0.2, 0) is 14.8 Å². The lowest BCUT2D eigenvalue weighted by molar-refractivity contribution is 0.0404. The Morgan fingerprint density at radius 3 is 2.56 bits per heavy atom. The van der Waals surface area contributed by atoms with Gasteiger partial charge in [0, 0.05) is 32.3 Å². The molecule has 1 fully saturated rings. The summed E-state index contributed by atoms with van der Waals surface area (Å²) in [5.74, 6) is 0. The normalized spacial score (nSPS) is 21.1. The standard InChI is InChI=1S/C11H24N2O4S/c1-3-17-9-11(14)8-12-10-4-6-13(7-5-10)18(2,15)16/h10-12,14H,3-9H2,1-2H3. The van der Waals surface area contributed by atoms with Crippen molar-refractivity contribution in [3.8, 4) is 0 Å². The van der Waals surface area contributed by atoms with Crippen molar-refractivity contribution in [1.29, 1.82) is 0 Å². The van der Waals surface area contributed by atoms with E-state index in [-0.39, 0.29) is 6.04 Å². The van der Waals surface area contributed by atoms with Crippen molar-refractivity contribution < 1.29 is 18.3 Å². The van der Waals surface area contributed by atoms with Gasteiger partial charge in [0.2, 0.25) is 10.0 Å². The number of hydrogen-bond acceptors (Lipinski definition) is 5. The lowest BCUT2D eigenvalue weighted by Gasteiger charge is -2.31. The monoisotopic (exact) mass is 280 g/mol. The Bertz CT molecular complexity index is 326. The third-order valence-electron chi connectivity index (χ3n) is 3.08. The van der Waals surface area contributed by atoms with Crippen LogP contribution in [0.5, 0.6) is 0 Å². The number of aliphatic hydroxyl groups excluding tert-OH is 1. The van der Waals surface area contributed by atoms with E-state index in [9.17, 15) is 13.5 Å². The van der Waals surface area contributed by atoms with E-state index in [0.29, 0.717) is 32.8 Å². The van der Waals surface area contributed by atoms with Crippen molar-refractivity contribution in [3.63, 3.8) is 0 Å². The Morgan fingerprint density at radius 2 is 2.06 bits per heavy atom. The number of rotatable bonds is 7. The number of aliphatic hydroxyl groups is 1. The zero-order chi connectivity index (χ0) is 13.6. The maximum Gasteiger partial charge on any atom is 0.211 e. The first-order valence-corrected chi connectivity index (χ1v) is 8.22. The molecule has 108 valence electrons. The molecule has 0 bridgehead atoms. The van der Waals surface area contributed by atoms with Gasteiger partial charge in [-0.15, -0.1) is 0 Å². The highest BCUT2D eigenvalue weighted by molar-refractivity contribution is 7.88. The molecule has 1 atom stereocenters. The largest absolute Gasteiger partial charge is 0.389 e. The summed E-state index contributed by atoms with van der Waals surface area (Å²) in [5.41, 5.74) is 0. The van der Waals surface area contributed by atoms with Crippen molar-refractivity contribution >= 4 is 10.0 Å². The number of nitrogens with zero attached hydrogens (tertiary/aromatic N) is 1. The summed E-state index contributed by atoms with van der Waals surface area (Å²) < 4.78 is 29.3. The maximum atomic E-state index is 11.3. The van der Waals surface area contributed by atoms with Gasteiger partial charge in [-0.1, -0.05) is 0 Å². The van der Waals surface area contributed by atoms with E-state index < -0.39 is 16.1 Å². The second-order valence-corrected chi connectivity index (χ2v) is 6.64. The van der Waals surface area contributed by atoms with Gasteiger partial charge in [0.15, 0.2) is 0 Å². The smallest absolute Gasteiger partial charge is 0.211 e. The van der Waals surface area contributed by atoms with E-state index in [1.807, 2.05) is 6.92 Å². The molecule has 0 amide bonds. The summed E-state index contributed by atoms with van der Waals surface area (Å²) in [4.78, 5) is 0. The van der Waals surface area contributed by atoms with Crippen molar-refractivity contribution in [3.05, 3.63) is 0 Å². The summed E-state index contributed by atoms with van der Waals surface area (Å²) >= 11 is 0. The van der Waals surface area contributed by atoms with Crippen molar-refractivity contribution in [2.75, 3.05) is 39.1 Å². The van der Waals surface area contributed by atoms with E-state index >= 15 is 0 Å². The molecular weight excluding hydrogens is 256 g/mol. The minimum atomic E-state index is -3.06. The van der Waals surface area contributed by atoms with Crippen LogP contribution < -0.4 is 5.32 Å². The van der Waals surface area contributed by atoms with E-state index in [2.05, 4.69) is 5.32 Å². The van der Waals surface area contributed by atoms with Gasteiger partial charge < -0.3 is 15.2 Å². The van der Waals surface area contributed by atoms with Crippen molar-refractivity contribution in [2.45, 2.75) is 31.9 Å². The molecule has 6 nitrogen and oxygen atoms in total. The molecule has 1 saturated heterocycles. The third kappa shape index (κ3) is 5.62. The molecule has 1 unspecified atom stereocenters. The molecule has 7 heteroatoms. The summed E-state index contributed by atoms with van der Waals surface area (Å²) in [7, 11) is -3.06. The molecular formula is C11H24N2O4S. The molecule has 1 heterocycles. The molecule has 0 aromatic heterocycles. The SMILES string of the molecule is CCOCC(O)CNC1CCN(S(C)(=O)=O)CC1. The Labute approximate surface area is 109 Å². The Balaban J connectivity index is 2.20. The first kappa shape index (κ1) is 15.8. The molecule has 2 N–H and O–H groups in total. The van der Waals surface area contributed by atoms with Gasteiger partial charge in [-0.05, 0) is 19.8 Å². The number of nitrogens with one attached hydrogen (secondary N) is 1. The number of hydrogen-bond donors (Lipinski definition) is 2. The average molecular weight is 280 g/mol. The minimum Gasteiger partial charge on any atom is -0.389 e. The van der Waals surface area contributed by atoms with Crippen LogP contribution in [0.4, 0.5) is 0 Å². The van der Waals surface area contributed by atoms with Crippen LogP contribution in [0.15, 0.2) is 0 Å². The number of ether oxygens (including phenoxy) is 1. The first-order valence-electron chi connectivity index (χ1n) is 6.37. The van der Waals surface area contributed by atoms with Gasteiger partial charge in [-0.3, -0.25) is 0 Å². The van der Waals surface area contributed by atoms with E-state index in [0.717, 1.165) is 12.8 Å². The van der Waals surface area contributed by atoms with Gasteiger partial charge in [0.25, 0.3) is 0 Å². The predicted octanol–water partition coefficient (Wildman–Crippen LogP) is -0.603. The zero-order valence-corrected chi connectivity index (χ0v) is 11.9.